The molecule has 2 fully saturated rings. The summed E-state index contributed by atoms with van der Waals surface area (Å²) in [6, 6.07) is 0.793. The molecule has 0 radical (unpaired) electrons. The van der Waals surface area contributed by atoms with Crippen molar-refractivity contribution in [3.63, 3.8) is 0 Å². The maximum Gasteiger partial charge on any atom is 0.409 e. The fraction of sp³-hybridized carbons (Fsp3) is 0.882. The van der Waals surface area contributed by atoms with Gasteiger partial charge >= 0.3 is 6.09 Å². The van der Waals surface area contributed by atoms with Crippen LogP contribution in [-0.4, -0.2) is 91.8 Å². The van der Waals surface area contributed by atoms with Gasteiger partial charge < -0.3 is 19.9 Å². The van der Waals surface area contributed by atoms with Gasteiger partial charge in [0.25, 0.3) is 0 Å². The van der Waals surface area contributed by atoms with E-state index in [4.69, 9.17) is 9.73 Å². The highest BCUT2D eigenvalue weighted by Gasteiger charge is 2.27. The van der Waals surface area contributed by atoms with Gasteiger partial charge in [0.05, 0.1) is 13.2 Å². The summed E-state index contributed by atoms with van der Waals surface area (Å²) < 4.78 is 5.07. The van der Waals surface area contributed by atoms with Crippen LogP contribution in [0, 0.1) is 0 Å². The molecule has 0 bridgehead atoms. The highest BCUT2D eigenvalue weighted by molar-refractivity contribution is 5.80. The van der Waals surface area contributed by atoms with E-state index in [9.17, 15) is 4.79 Å². The number of aliphatic imine (C=N–C) groups is 1. The van der Waals surface area contributed by atoms with Crippen LogP contribution in [0.5, 0.6) is 0 Å². The van der Waals surface area contributed by atoms with Crippen molar-refractivity contribution in [2.75, 3.05) is 59.0 Å². The van der Waals surface area contributed by atoms with Crippen molar-refractivity contribution in [3.8, 4) is 0 Å². The summed E-state index contributed by atoms with van der Waals surface area (Å²) >= 11 is 0. The zero-order chi connectivity index (χ0) is 17.4. The molecule has 7 heteroatoms. The Morgan fingerprint density at radius 1 is 1.17 bits per heavy atom. The molecule has 0 spiro atoms. The second-order valence-corrected chi connectivity index (χ2v) is 6.27. The van der Waals surface area contributed by atoms with Crippen molar-refractivity contribution in [3.05, 3.63) is 0 Å². The topological polar surface area (TPSA) is 60.4 Å². The summed E-state index contributed by atoms with van der Waals surface area (Å²) in [6.45, 7) is 13.4. The van der Waals surface area contributed by atoms with E-state index in [-0.39, 0.29) is 6.09 Å². The maximum atomic E-state index is 11.8. The van der Waals surface area contributed by atoms with Gasteiger partial charge in [-0.05, 0) is 33.2 Å². The van der Waals surface area contributed by atoms with Gasteiger partial charge in [-0.2, -0.15) is 0 Å². The fourth-order valence-electron chi connectivity index (χ4n) is 3.06. The molecule has 0 aromatic carbocycles. The minimum Gasteiger partial charge on any atom is -0.450 e. The molecule has 1 saturated carbocycles. The summed E-state index contributed by atoms with van der Waals surface area (Å²) in [4.78, 5) is 23.1. The normalized spacial score (nSPS) is 18.9. The molecule has 2 rings (SSSR count). The van der Waals surface area contributed by atoms with Gasteiger partial charge in [0, 0.05) is 45.3 Å². The summed E-state index contributed by atoms with van der Waals surface area (Å²) in [5, 5.41) is 3.38. The number of carbonyl (C=O) groups is 1. The molecule has 1 heterocycles. The van der Waals surface area contributed by atoms with Crippen LogP contribution in [0.2, 0.25) is 0 Å². The van der Waals surface area contributed by atoms with Crippen LogP contribution in [0.1, 0.15) is 33.6 Å². The third-order valence-corrected chi connectivity index (χ3v) is 4.56. The van der Waals surface area contributed by atoms with E-state index in [1.807, 2.05) is 6.92 Å². The number of guanidine groups is 1. The Kier molecular flexibility index (Phi) is 7.62. The largest absolute Gasteiger partial charge is 0.450 e. The highest BCUT2D eigenvalue weighted by atomic mass is 16.6. The lowest BCUT2D eigenvalue weighted by Crippen LogP contribution is -2.54. The zero-order valence-electron chi connectivity index (χ0n) is 15.5. The lowest BCUT2D eigenvalue weighted by molar-refractivity contribution is 0.0914. The molecule has 0 unspecified atom stereocenters. The van der Waals surface area contributed by atoms with Crippen molar-refractivity contribution in [1.29, 1.82) is 0 Å². The Morgan fingerprint density at radius 3 is 2.38 bits per heavy atom. The first-order chi connectivity index (χ1) is 11.7. The smallest absolute Gasteiger partial charge is 0.409 e. The van der Waals surface area contributed by atoms with Gasteiger partial charge in [0.2, 0.25) is 0 Å². The Morgan fingerprint density at radius 2 is 1.83 bits per heavy atom. The van der Waals surface area contributed by atoms with Crippen LogP contribution >= 0.6 is 0 Å². The predicted octanol–water partition coefficient (Wildman–Crippen LogP) is 1.21. The second-order valence-electron chi connectivity index (χ2n) is 6.27. The molecule has 1 aliphatic carbocycles. The predicted molar refractivity (Wildman–Crippen MR) is 96.4 cm³/mol. The number of rotatable bonds is 7. The van der Waals surface area contributed by atoms with Gasteiger partial charge in [-0.25, -0.2) is 4.79 Å². The molecule has 0 aromatic rings. The third kappa shape index (κ3) is 5.54. The molecule has 1 N–H and O–H groups in total. The van der Waals surface area contributed by atoms with Crippen LogP contribution in [0.25, 0.3) is 0 Å². The van der Waals surface area contributed by atoms with Gasteiger partial charge in [0.1, 0.15) is 0 Å². The number of ether oxygens (including phenoxy) is 1. The molecule has 0 atom stereocenters. The van der Waals surface area contributed by atoms with Gasteiger partial charge in [-0.15, -0.1) is 0 Å². The number of hydrogen-bond donors (Lipinski definition) is 1. The number of amides is 1. The Labute approximate surface area is 146 Å². The van der Waals surface area contributed by atoms with E-state index in [1.54, 1.807) is 4.90 Å². The quantitative estimate of drug-likeness (QED) is 0.558. The zero-order valence-corrected chi connectivity index (χ0v) is 15.5. The molecule has 24 heavy (non-hydrogen) atoms. The summed E-state index contributed by atoms with van der Waals surface area (Å²) in [6.07, 6.45) is 2.48. The number of piperazine rings is 1. The van der Waals surface area contributed by atoms with Crippen LogP contribution in [-0.2, 0) is 4.74 Å². The SMILES string of the molecule is CCNC(=NCCN(CC)C1CC1)N1CCN(C(=O)OCC)CC1. The molecular weight excluding hydrogens is 306 g/mol. The minimum atomic E-state index is -0.206. The number of hydrogen-bond acceptors (Lipinski definition) is 4. The van der Waals surface area contributed by atoms with E-state index in [2.05, 4.69) is 29.0 Å². The van der Waals surface area contributed by atoms with Crippen molar-refractivity contribution >= 4 is 12.1 Å². The average molecular weight is 339 g/mol. The molecular formula is C17H33N5O2. The van der Waals surface area contributed by atoms with E-state index < -0.39 is 0 Å². The molecule has 2 aliphatic rings. The number of carbonyl (C=O) groups excluding carboxylic acids is 1. The summed E-state index contributed by atoms with van der Waals surface area (Å²) in [5.74, 6) is 0.966. The summed E-state index contributed by atoms with van der Waals surface area (Å²) in [7, 11) is 0. The minimum absolute atomic E-state index is 0.206. The van der Waals surface area contributed by atoms with Crippen molar-refractivity contribution in [1.82, 2.24) is 20.0 Å². The summed E-state index contributed by atoms with van der Waals surface area (Å²) in [5.41, 5.74) is 0. The molecule has 7 nitrogen and oxygen atoms in total. The van der Waals surface area contributed by atoms with Crippen LogP contribution in [0.4, 0.5) is 4.79 Å². The van der Waals surface area contributed by atoms with Crippen molar-refractivity contribution in [2.45, 2.75) is 39.7 Å². The molecule has 0 aromatic heterocycles. The number of nitrogens with one attached hydrogen (secondary N) is 1. The standard InChI is InChI=1S/C17H33N5O2/c1-4-18-16(19-9-10-20(5-2)15-7-8-15)21-11-13-22(14-12-21)17(23)24-6-3/h15H,4-14H2,1-3H3,(H,18,19). The Balaban J connectivity index is 1.81. The lowest BCUT2D eigenvalue weighted by Gasteiger charge is -2.36. The first-order valence-corrected chi connectivity index (χ1v) is 9.38. The van der Waals surface area contributed by atoms with Crippen molar-refractivity contribution in [2.24, 2.45) is 4.99 Å². The van der Waals surface area contributed by atoms with E-state index >= 15 is 0 Å². The van der Waals surface area contributed by atoms with E-state index in [0.717, 1.165) is 51.3 Å². The first kappa shape index (κ1) is 18.8. The van der Waals surface area contributed by atoms with Gasteiger partial charge in [-0.3, -0.25) is 9.89 Å². The first-order valence-electron chi connectivity index (χ1n) is 9.38. The molecule has 1 aliphatic heterocycles. The number of nitrogens with zero attached hydrogens (tertiary/aromatic N) is 4. The molecule has 1 amide bonds. The van der Waals surface area contributed by atoms with Crippen LogP contribution in [0.15, 0.2) is 4.99 Å². The lowest BCUT2D eigenvalue weighted by atomic mass is 10.3. The monoisotopic (exact) mass is 339 g/mol. The molecule has 1 saturated heterocycles. The molecule has 138 valence electrons. The third-order valence-electron chi connectivity index (χ3n) is 4.56. The van der Waals surface area contributed by atoms with Crippen LogP contribution in [0.3, 0.4) is 0 Å². The average Bonchev–Trinajstić information content (AvgIpc) is 3.43. The second kappa shape index (κ2) is 9.71. The Hall–Kier alpha value is -1.50. The van der Waals surface area contributed by atoms with E-state index in [1.165, 1.54) is 12.8 Å². The van der Waals surface area contributed by atoms with Crippen LogP contribution < -0.4 is 5.32 Å². The van der Waals surface area contributed by atoms with E-state index in [0.29, 0.717) is 19.7 Å². The highest BCUT2D eigenvalue weighted by Crippen LogP contribution is 2.25. The van der Waals surface area contributed by atoms with Crippen molar-refractivity contribution < 1.29 is 9.53 Å². The number of likely N-dealkylation sites (N-methyl/N-ethyl adjacent to an activating group) is 1. The van der Waals surface area contributed by atoms with Gasteiger partial charge in [0.15, 0.2) is 5.96 Å². The maximum absolute atomic E-state index is 11.8. The Bertz CT molecular complexity index is 417. The fourth-order valence-corrected chi connectivity index (χ4v) is 3.06. The van der Waals surface area contributed by atoms with Gasteiger partial charge in [-0.1, -0.05) is 6.92 Å².